The number of hydrogen-bond donors (Lipinski definition) is 1. The molecule has 18 heavy (non-hydrogen) atoms. The van der Waals surface area contributed by atoms with E-state index in [-0.39, 0.29) is 16.8 Å². The van der Waals surface area contributed by atoms with Gasteiger partial charge in [-0.2, -0.15) is 21.2 Å². The monoisotopic (exact) mass is 290 g/mol. The second-order valence-electron chi connectivity index (χ2n) is 4.27. The van der Waals surface area contributed by atoms with Gasteiger partial charge in [-0.05, 0) is 13.8 Å². The van der Waals surface area contributed by atoms with E-state index in [4.69, 9.17) is 5.73 Å². The van der Waals surface area contributed by atoms with Gasteiger partial charge in [0, 0.05) is 36.8 Å². The minimum absolute atomic E-state index is 0.00173. The van der Waals surface area contributed by atoms with E-state index in [2.05, 4.69) is 5.10 Å². The van der Waals surface area contributed by atoms with Crippen molar-refractivity contribution in [3.63, 3.8) is 0 Å². The van der Waals surface area contributed by atoms with E-state index >= 15 is 0 Å². The van der Waals surface area contributed by atoms with Gasteiger partial charge in [0.05, 0.1) is 0 Å². The summed E-state index contributed by atoms with van der Waals surface area (Å²) in [5, 5.41) is 4.00. The summed E-state index contributed by atoms with van der Waals surface area (Å²) in [6.07, 6.45) is 1.51. The second-order valence-corrected chi connectivity index (χ2v) is 7.28. The lowest BCUT2D eigenvalue weighted by Gasteiger charge is -2.31. The fraction of sp³-hybridized carbons (Fsp3) is 0.700. The summed E-state index contributed by atoms with van der Waals surface area (Å²) in [6, 6.07) is -0.00173. The van der Waals surface area contributed by atoms with Crippen LogP contribution in [0.3, 0.4) is 0 Å². The largest absolute Gasteiger partial charge is 0.381 e. The molecule has 1 aliphatic rings. The van der Waals surface area contributed by atoms with E-state index in [1.54, 1.807) is 16.4 Å². The molecule has 0 saturated carbocycles. The van der Waals surface area contributed by atoms with Gasteiger partial charge in [0.25, 0.3) is 0 Å². The van der Waals surface area contributed by atoms with Crippen molar-refractivity contribution in [1.29, 1.82) is 0 Å². The molecular weight excluding hydrogens is 272 g/mol. The van der Waals surface area contributed by atoms with Gasteiger partial charge in [0.15, 0.2) is 5.82 Å². The molecule has 0 spiro atoms. The van der Waals surface area contributed by atoms with E-state index in [0.29, 0.717) is 13.1 Å². The number of anilines is 1. The van der Waals surface area contributed by atoms with E-state index in [1.165, 1.54) is 10.5 Å². The average molecular weight is 290 g/mol. The number of hydrogen-bond acceptors (Lipinski definition) is 5. The molecule has 2 heterocycles. The Balaban J connectivity index is 2.37. The fourth-order valence-corrected chi connectivity index (χ4v) is 4.89. The number of aryl methyl sites for hydroxylation is 1. The maximum Gasteiger partial charge on any atom is 0.248 e. The van der Waals surface area contributed by atoms with Crippen LogP contribution in [-0.4, -0.2) is 46.6 Å². The standard InChI is InChI=1S/C10H18N4O2S2/c1-3-13-6-9(10(11)12-13)18(15,16)14-4-5-17-7-8(14)2/h6,8H,3-5,7H2,1-2H3,(H2,11,12). The van der Waals surface area contributed by atoms with E-state index < -0.39 is 10.0 Å². The molecule has 0 aromatic carbocycles. The lowest BCUT2D eigenvalue weighted by atomic mass is 10.4. The summed E-state index contributed by atoms with van der Waals surface area (Å²) in [5.74, 6) is 1.73. The Hall–Kier alpha value is -0.730. The SMILES string of the molecule is CCn1cc(S(=O)(=O)N2CCSCC2C)c(N)n1. The first-order valence-electron chi connectivity index (χ1n) is 5.89. The Bertz CT molecular complexity index is 526. The lowest BCUT2D eigenvalue weighted by molar-refractivity contribution is 0.368. The molecule has 2 rings (SSSR count). The van der Waals surface area contributed by atoms with Crippen LogP contribution >= 0.6 is 11.8 Å². The van der Waals surface area contributed by atoms with E-state index in [9.17, 15) is 8.42 Å². The minimum Gasteiger partial charge on any atom is -0.381 e. The Morgan fingerprint density at radius 3 is 2.89 bits per heavy atom. The molecule has 0 bridgehead atoms. The van der Waals surface area contributed by atoms with Gasteiger partial charge in [0.1, 0.15) is 4.90 Å². The zero-order valence-corrected chi connectivity index (χ0v) is 12.2. The number of nitrogens with two attached hydrogens (primary N) is 1. The van der Waals surface area contributed by atoms with Crippen molar-refractivity contribution in [1.82, 2.24) is 14.1 Å². The molecule has 1 saturated heterocycles. The molecule has 8 heteroatoms. The topological polar surface area (TPSA) is 81.2 Å². The molecule has 1 aromatic heterocycles. The fourth-order valence-electron chi connectivity index (χ4n) is 1.97. The Morgan fingerprint density at radius 2 is 2.33 bits per heavy atom. The van der Waals surface area contributed by atoms with E-state index in [1.807, 2.05) is 13.8 Å². The van der Waals surface area contributed by atoms with Crippen LogP contribution < -0.4 is 5.73 Å². The highest BCUT2D eigenvalue weighted by molar-refractivity contribution is 7.99. The quantitative estimate of drug-likeness (QED) is 0.882. The average Bonchev–Trinajstić information content (AvgIpc) is 2.71. The third-order valence-electron chi connectivity index (χ3n) is 2.97. The molecule has 1 fully saturated rings. The summed E-state index contributed by atoms with van der Waals surface area (Å²) >= 11 is 1.77. The van der Waals surface area contributed by atoms with Gasteiger partial charge in [-0.25, -0.2) is 8.42 Å². The van der Waals surface area contributed by atoms with Gasteiger partial charge in [-0.3, -0.25) is 4.68 Å². The number of nitrogen functional groups attached to an aromatic ring is 1. The summed E-state index contributed by atoms with van der Waals surface area (Å²) in [7, 11) is -3.52. The molecule has 0 radical (unpaired) electrons. The van der Waals surface area contributed by atoms with Crippen LogP contribution in [0.25, 0.3) is 0 Å². The molecular formula is C10H18N4O2S2. The normalized spacial score (nSPS) is 22.2. The molecule has 1 unspecified atom stereocenters. The van der Waals surface area contributed by atoms with Gasteiger partial charge >= 0.3 is 0 Å². The number of nitrogens with zero attached hydrogens (tertiary/aromatic N) is 3. The highest BCUT2D eigenvalue weighted by Crippen LogP contribution is 2.26. The summed E-state index contributed by atoms with van der Waals surface area (Å²) < 4.78 is 28.1. The van der Waals surface area contributed by atoms with Crippen molar-refractivity contribution in [3.8, 4) is 0 Å². The van der Waals surface area contributed by atoms with Crippen molar-refractivity contribution in [2.75, 3.05) is 23.8 Å². The maximum absolute atomic E-state index is 12.5. The molecule has 1 atom stereocenters. The van der Waals surface area contributed by atoms with Crippen molar-refractivity contribution < 1.29 is 8.42 Å². The number of aromatic nitrogens is 2. The highest BCUT2D eigenvalue weighted by Gasteiger charge is 2.33. The molecule has 0 aliphatic carbocycles. The molecule has 102 valence electrons. The molecule has 2 N–H and O–H groups in total. The van der Waals surface area contributed by atoms with Crippen LogP contribution in [-0.2, 0) is 16.6 Å². The van der Waals surface area contributed by atoms with Crippen molar-refractivity contribution in [3.05, 3.63) is 6.20 Å². The number of sulfonamides is 1. The van der Waals surface area contributed by atoms with Gasteiger partial charge < -0.3 is 5.73 Å². The van der Waals surface area contributed by atoms with Crippen LogP contribution in [0.5, 0.6) is 0 Å². The zero-order chi connectivity index (χ0) is 13.3. The van der Waals surface area contributed by atoms with Gasteiger partial charge in [-0.1, -0.05) is 0 Å². The Morgan fingerprint density at radius 1 is 1.61 bits per heavy atom. The van der Waals surface area contributed by atoms with Crippen LogP contribution in [0.2, 0.25) is 0 Å². The van der Waals surface area contributed by atoms with Crippen LogP contribution in [0.1, 0.15) is 13.8 Å². The predicted molar refractivity (Wildman–Crippen MR) is 73.0 cm³/mol. The maximum atomic E-state index is 12.5. The van der Waals surface area contributed by atoms with Crippen LogP contribution in [0.15, 0.2) is 11.1 Å². The Kier molecular flexibility index (Phi) is 3.88. The molecule has 6 nitrogen and oxygen atoms in total. The van der Waals surface area contributed by atoms with E-state index in [0.717, 1.165) is 11.5 Å². The number of rotatable bonds is 3. The highest BCUT2D eigenvalue weighted by atomic mass is 32.2. The van der Waals surface area contributed by atoms with Crippen molar-refractivity contribution >= 4 is 27.6 Å². The summed E-state index contributed by atoms with van der Waals surface area (Å²) in [4.78, 5) is 0.128. The minimum atomic E-state index is -3.52. The van der Waals surface area contributed by atoms with Crippen molar-refractivity contribution in [2.24, 2.45) is 0 Å². The molecule has 0 amide bonds. The summed E-state index contributed by atoms with van der Waals surface area (Å²) in [5.41, 5.74) is 5.71. The van der Waals surface area contributed by atoms with Gasteiger partial charge in [-0.15, -0.1) is 0 Å². The van der Waals surface area contributed by atoms with Crippen LogP contribution in [0.4, 0.5) is 5.82 Å². The Labute approximate surface area is 112 Å². The van der Waals surface area contributed by atoms with Crippen molar-refractivity contribution in [2.45, 2.75) is 31.3 Å². The molecule has 1 aromatic rings. The molecule has 1 aliphatic heterocycles. The third-order valence-corrected chi connectivity index (χ3v) is 6.19. The first-order valence-corrected chi connectivity index (χ1v) is 8.48. The zero-order valence-electron chi connectivity index (χ0n) is 10.5. The van der Waals surface area contributed by atoms with Gasteiger partial charge in [0.2, 0.25) is 10.0 Å². The van der Waals surface area contributed by atoms with Crippen LogP contribution in [0, 0.1) is 0 Å². The first-order chi connectivity index (χ1) is 8.46. The first kappa shape index (κ1) is 13.7. The smallest absolute Gasteiger partial charge is 0.248 e. The second kappa shape index (κ2) is 5.10. The lowest BCUT2D eigenvalue weighted by Crippen LogP contribution is -2.44. The summed E-state index contributed by atoms with van der Waals surface area (Å²) in [6.45, 7) is 4.95. The third kappa shape index (κ3) is 2.36. The predicted octanol–water partition coefficient (Wildman–Crippen LogP) is 0.611. The number of thioether (sulfide) groups is 1.